The van der Waals surface area contributed by atoms with E-state index >= 15 is 0 Å². The third-order valence-electron chi connectivity index (χ3n) is 4.21. The topological polar surface area (TPSA) is 29.3 Å². The number of hydrogen-bond acceptors (Lipinski definition) is 2. The number of fused-ring (bicyclic) bond motifs is 1. The normalized spacial score (nSPS) is 34.0. The van der Waals surface area contributed by atoms with E-state index in [0.29, 0.717) is 6.04 Å². The Hall–Kier alpha value is -0.0800. The molecular weight excluding hydrogens is 184 g/mol. The first kappa shape index (κ1) is 11.4. The van der Waals surface area contributed by atoms with Crippen LogP contribution in [0.3, 0.4) is 0 Å². The zero-order valence-corrected chi connectivity index (χ0v) is 10.1. The summed E-state index contributed by atoms with van der Waals surface area (Å²) in [6.07, 6.45) is 9.83. The number of piperidine rings is 1. The molecule has 2 fully saturated rings. The third kappa shape index (κ3) is 2.94. The molecule has 1 aliphatic heterocycles. The molecule has 0 spiro atoms. The Morgan fingerprint density at radius 1 is 1.27 bits per heavy atom. The van der Waals surface area contributed by atoms with Gasteiger partial charge in [0.1, 0.15) is 0 Å². The molecule has 1 heterocycles. The van der Waals surface area contributed by atoms with E-state index in [1.807, 2.05) is 0 Å². The quantitative estimate of drug-likeness (QED) is 0.772. The Morgan fingerprint density at radius 3 is 2.87 bits per heavy atom. The molecule has 0 aromatic heterocycles. The van der Waals surface area contributed by atoms with Gasteiger partial charge in [0.15, 0.2) is 0 Å². The van der Waals surface area contributed by atoms with E-state index in [-0.39, 0.29) is 0 Å². The van der Waals surface area contributed by atoms with E-state index in [1.165, 1.54) is 58.0 Å². The monoisotopic (exact) mass is 210 g/mol. The molecule has 0 aromatic carbocycles. The van der Waals surface area contributed by atoms with Crippen LogP contribution in [0.2, 0.25) is 0 Å². The van der Waals surface area contributed by atoms with Gasteiger partial charge in [-0.2, -0.15) is 0 Å². The first-order valence-electron chi connectivity index (χ1n) is 6.77. The fourth-order valence-corrected chi connectivity index (χ4v) is 3.45. The van der Waals surface area contributed by atoms with Gasteiger partial charge in [0.25, 0.3) is 0 Å². The van der Waals surface area contributed by atoms with Crippen molar-refractivity contribution in [3.8, 4) is 0 Å². The van der Waals surface area contributed by atoms with Gasteiger partial charge >= 0.3 is 0 Å². The van der Waals surface area contributed by atoms with E-state index in [4.69, 9.17) is 5.73 Å². The zero-order chi connectivity index (χ0) is 10.7. The SMILES string of the molecule is CC(N)CCCN1CCCC2CCCC21. The van der Waals surface area contributed by atoms with Crippen molar-refractivity contribution in [1.29, 1.82) is 0 Å². The van der Waals surface area contributed by atoms with E-state index in [1.54, 1.807) is 0 Å². The molecule has 2 rings (SSSR count). The summed E-state index contributed by atoms with van der Waals surface area (Å²) in [6, 6.07) is 1.32. The third-order valence-corrected chi connectivity index (χ3v) is 4.21. The molecule has 88 valence electrons. The second-order valence-corrected chi connectivity index (χ2v) is 5.56. The predicted molar refractivity (Wildman–Crippen MR) is 64.8 cm³/mol. The van der Waals surface area contributed by atoms with Crippen LogP contribution in [0.25, 0.3) is 0 Å². The van der Waals surface area contributed by atoms with Gasteiger partial charge in [-0.1, -0.05) is 6.42 Å². The van der Waals surface area contributed by atoms with Crippen molar-refractivity contribution in [2.75, 3.05) is 13.1 Å². The highest BCUT2D eigenvalue weighted by atomic mass is 15.2. The average molecular weight is 210 g/mol. The predicted octanol–water partition coefficient (Wildman–Crippen LogP) is 2.38. The second-order valence-electron chi connectivity index (χ2n) is 5.56. The standard InChI is InChI=1S/C13H26N2/c1-11(14)5-3-9-15-10-4-7-12-6-2-8-13(12)15/h11-13H,2-10,14H2,1H3. The smallest absolute Gasteiger partial charge is 0.0123 e. The molecule has 3 unspecified atom stereocenters. The van der Waals surface area contributed by atoms with Crippen LogP contribution in [0.4, 0.5) is 0 Å². The van der Waals surface area contributed by atoms with Crippen LogP contribution < -0.4 is 5.73 Å². The van der Waals surface area contributed by atoms with Crippen molar-refractivity contribution < 1.29 is 0 Å². The van der Waals surface area contributed by atoms with E-state index in [9.17, 15) is 0 Å². The van der Waals surface area contributed by atoms with Crippen molar-refractivity contribution in [3.63, 3.8) is 0 Å². The van der Waals surface area contributed by atoms with Gasteiger partial charge in [0.2, 0.25) is 0 Å². The first-order chi connectivity index (χ1) is 7.27. The molecular formula is C13H26N2. The van der Waals surface area contributed by atoms with Crippen LogP contribution in [0.15, 0.2) is 0 Å². The molecule has 0 bridgehead atoms. The number of likely N-dealkylation sites (tertiary alicyclic amines) is 1. The highest BCUT2D eigenvalue weighted by Gasteiger charge is 2.34. The summed E-state index contributed by atoms with van der Waals surface area (Å²) in [5.74, 6) is 1.04. The van der Waals surface area contributed by atoms with Crippen LogP contribution in [0, 0.1) is 5.92 Å². The lowest BCUT2D eigenvalue weighted by Crippen LogP contribution is -2.43. The highest BCUT2D eigenvalue weighted by Crippen LogP contribution is 2.36. The summed E-state index contributed by atoms with van der Waals surface area (Å²) >= 11 is 0. The zero-order valence-electron chi connectivity index (χ0n) is 10.1. The fourth-order valence-electron chi connectivity index (χ4n) is 3.45. The molecule has 1 aliphatic carbocycles. The largest absolute Gasteiger partial charge is 0.328 e. The summed E-state index contributed by atoms with van der Waals surface area (Å²) in [4.78, 5) is 2.75. The van der Waals surface area contributed by atoms with Gasteiger partial charge in [0, 0.05) is 12.1 Å². The average Bonchev–Trinajstić information content (AvgIpc) is 2.65. The van der Waals surface area contributed by atoms with Crippen LogP contribution in [0.5, 0.6) is 0 Å². The van der Waals surface area contributed by atoms with Crippen molar-refractivity contribution in [2.24, 2.45) is 11.7 Å². The van der Waals surface area contributed by atoms with Gasteiger partial charge in [-0.05, 0) is 64.5 Å². The molecule has 0 radical (unpaired) electrons. The maximum absolute atomic E-state index is 5.80. The Bertz CT molecular complexity index is 191. The molecule has 2 nitrogen and oxygen atoms in total. The number of nitrogens with two attached hydrogens (primary N) is 1. The molecule has 0 aromatic rings. The Labute approximate surface area is 94.2 Å². The van der Waals surface area contributed by atoms with Gasteiger partial charge in [0.05, 0.1) is 0 Å². The highest BCUT2D eigenvalue weighted by molar-refractivity contribution is 4.88. The minimum Gasteiger partial charge on any atom is -0.328 e. The van der Waals surface area contributed by atoms with Gasteiger partial charge < -0.3 is 10.6 Å². The molecule has 3 atom stereocenters. The molecule has 2 heteroatoms. The van der Waals surface area contributed by atoms with Crippen molar-refractivity contribution in [3.05, 3.63) is 0 Å². The summed E-state index contributed by atoms with van der Waals surface area (Å²) in [5.41, 5.74) is 5.80. The number of nitrogens with zero attached hydrogens (tertiary/aromatic N) is 1. The van der Waals surface area contributed by atoms with Crippen molar-refractivity contribution in [2.45, 2.75) is 64.0 Å². The van der Waals surface area contributed by atoms with E-state index in [0.717, 1.165) is 12.0 Å². The molecule has 15 heavy (non-hydrogen) atoms. The Kier molecular flexibility index (Phi) is 4.04. The van der Waals surface area contributed by atoms with Crippen molar-refractivity contribution in [1.82, 2.24) is 4.90 Å². The summed E-state index contributed by atoms with van der Waals surface area (Å²) in [5, 5.41) is 0. The molecule has 2 aliphatic rings. The lowest BCUT2D eigenvalue weighted by atomic mass is 9.92. The molecule has 2 N–H and O–H groups in total. The summed E-state index contributed by atoms with van der Waals surface area (Å²) < 4.78 is 0. The van der Waals surface area contributed by atoms with Crippen LogP contribution in [-0.4, -0.2) is 30.1 Å². The van der Waals surface area contributed by atoms with Crippen LogP contribution >= 0.6 is 0 Å². The molecule has 1 saturated carbocycles. The lowest BCUT2D eigenvalue weighted by molar-refractivity contribution is 0.111. The lowest BCUT2D eigenvalue weighted by Gasteiger charge is -2.37. The minimum absolute atomic E-state index is 0.383. The Morgan fingerprint density at radius 2 is 2.07 bits per heavy atom. The fraction of sp³-hybridized carbons (Fsp3) is 1.00. The second kappa shape index (κ2) is 5.31. The van der Waals surface area contributed by atoms with Gasteiger partial charge in [-0.15, -0.1) is 0 Å². The van der Waals surface area contributed by atoms with Crippen LogP contribution in [0.1, 0.15) is 51.9 Å². The summed E-state index contributed by atoms with van der Waals surface area (Å²) in [6.45, 7) is 4.76. The minimum atomic E-state index is 0.383. The first-order valence-corrected chi connectivity index (χ1v) is 6.77. The van der Waals surface area contributed by atoms with Crippen LogP contribution in [-0.2, 0) is 0 Å². The van der Waals surface area contributed by atoms with E-state index < -0.39 is 0 Å². The van der Waals surface area contributed by atoms with E-state index in [2.05, 4.69) is 11.8 Å². The van der Waals surface area contributed by atoms with Crippen molar-refractivity contribution >= 4 is 0 Å². The molecule has 1 saturated heterocycles. The number of rotatable bonds is 4. The number of hydrogen-bond donors (Lipinski definition) is 1. The van der Waals surface area contributed by atoms with Gasteiger partial charge in [-0.25, -0.2) is 0 Å². The summed E-state index contributed by atoms with van der Waals surface area (Å²) in [7, 11) is 0. The van der Waals surface area contributed by atoms with Gasteiger partial charge in [-0.3, -0.25) is 0 Å². The molecule has 0 amide bonds. The Balaban J connectivity index is 1.75. The maximum atomic E-state index is 5.80. The maximum Gasteiger partial charge on any atom is 0.0123 e.